The van der Waals surface area contributed by atoms with Gasteiger partial charge in [0.1, 0.15) is 0 Å². The predicted molar refractivity (Wildman–Crippen MR) is 91.9 cm³/mol. The highest BCUT2D eigenvalue weighted by molar-refractivity contribution is 6.32. The van der Waals surface area contributed by atoms with Gasteiger partial charge < -0.3 is 14.4 Å². The number of carbonyl (C=O) groups excluding carboxylic acids is 3. The van der Waals surface area contributed by atoms with Crippen LogP contribution in [0.25, 0.3) is 0 Å². The van der Waals surface area contributed by atoms with Gasteiger partial charge in [0.25, 0.3) is 11.8 Å². The third-order valence-electron chi connectivity index (χ3n) is 5.17. The maximum absolute atomic E-state index is 12.5. The summed E-state index contributed by atoms with van der Waals surface area (Å²) in [6.45, 7) is 2.36. The Labute approximate surface area is 155 Å². The molecule has 0 aliphatic carbocycles. The Hall–Kier alpha value is -1.96. The third-order valence-corrected chi connectivity index (χ3v) is 5.41. The van der Waals surface area contributed by atoms with Gasteiger partial charge in [-0.05, 0) is 18.2 Å². The molecule has 4 rings (SSSR count). The molecule has 0 aromatic heterocycles. The monoisotopic (exact) mass is 378 g/mol. The first-order valence-electron chi connectivity index (χ1n) is 8.71. The van der Waals surface area contributed by atoms with E-state index in [-0.39, 0.29) is 24.8 Å². The largest absolute Gasteiger partial charge is 0.347 e. The number of halogens is 1. The summed E-state index contributed by atoms with van der Waals surface area (Å²) in [6.07, 6.45) is 1.39. The van der Waals surface area contributed by atoms with Gasteiger partial charge in [0.15, 0.2) is 5.79 Å². The fourth-order valence-electron chi connectivity index (χ4n) is 3.71. The van der Waals surface area contributed by atoms with Gasteiger partial charge in [-0.25, -0.2) is 0 Å². The van der Waals surface area contributed by atoms with E-state index in [1.807, 2.05) is 0 Å². The number of carbonyl (C=O) groups is 3. The number of hydrogen-bond donors (Lipinski definition) is 0. The Morgan fingerprint density at radius 1 is 1.08 bits per heavy atom. The van der Waals surface area contributed by atoms with Gasteiger partial charge in [-0.3, -0.25) is 19.3 Å². The summed E-state index contributed by atoms with van der Waals surface area (Å²) < 4.78 is 11.3. The molecule has 3 heterocycles. The van der Waals surface area contributed by atoms with Gasteiger partial charge in [0.05, 0.1) is 24.3 Å². The van der Waals surface area contributed by atoms with Crippen LogP contribution in [-0.2, 0) is 14.3 Å². The lowest BCUT2D eigenvalue weighted by Gasteiger charge is -2.37. The maximum atomic E-state index is 12.5. The first-order chi connectivity index (χ1) is 12.5. The zero-order chi connectivity index (χ0) is 18.3. The number of likely N-dealkylation sites (tertiary alicyclic amines) is 1. The second kappa shape index (κ2) is 6.64. The Balaban J connectivity index is 1.34. The van der Waals surface area contributed by atoms with Gasteiger partial charge >= 0.3 is 0 Å². The van der Waals surface area contributed by atoms with E-state index in [0.29, 0.717) is 55.3 Å². The lowest BCUT2D eigenvalue weighted by atomic mass is 10.0. The summed E-state index contributed by atoms with van der Waals surface area (Å²) >= 11 is 5.90. The predicted octanol–water partition coefficient (Wildman–Crippen LogP) is 1.69. The molecule has 1 aromatic carbocycles. The highest BCUT2D eigenvalue weighted by Crippen LogP contribution is 2.31. The van der Waals surface area contributed by atoms with Crippen molar-refractivity contribution in [1.29, 1.82) is 0 Å². The van der Waals surface area contributed by atoms with E-state index in [1.54, 1.807) is 17.0 Å². The Bertz CT molecular complexity index is 765. The van der Waals surface area contributed by atoms with E-state index in [9.17, 15) is 14.4 Å². The van der Waals surface area contributed by atoms with Crippen molar-refractivity contribution < 1.29 is 23.9 Å². The highest BCUT2D eigenvalue weighted by atomic mass is 35.5. The van der Waals surface area contributed by atoms with Crippen molar-refractivity contribution in [3.8, 4) is 0 Å². The standard InChI is InChI=1S/C18H19ClN2O5/c19-12-1-2-13-14(11-12)17(24)21(16(13)23)6-3-15(22)20-7-4-18(5-8-20)25-9-10-26-18/h1-2,11H,3-10H2. The number of imide groups is 1. The zero-order valence-electron chi connectivity index (χ0n) is 14.2. The molecule has 3 aliphatic rings. The minimum atomic E-state index is -0.529. The van der Waals surface area contributed by atoms with Gasteiger partial charge in [0, 0.05) is 43.9 Å². The molecule has 1 spiro atoms. The van der Waals surface area contributed by atoms with Crippen LogP contribution in [0.2, 0.25) is 5.02 Å². The second-order valence-corrected chi connectivity index (χ2v) is 7.13. The smallest absolute Gasteiger partial charge is 0.261 e. The molecule has 0 radical (unpaired) electrons. The van der Waals surface area contributed by atoms with Gasteiger partial charge in [0.2, 0.25) is 5.91 Å². The minimum absolute atomic E-state index is 0.0669. The molecule has 2 fully saturated rings. The van der Waals surface area contributed by atoms with E-state index >= 15 is 0 Å². The summed E-state index contributed by atoms with van der Waals surface area (Å²) in [5.41, 5.74) is 0.632. The van der Waals surface area contributed by atoms with Crippen molar-refractivity contribution in [2.24, 2.45) is 0 Å². The molecule has 8 heteroatoms. The summed E-state index contributed by atoms with van der Waals surface area (Å²) in [4.78, 5) is 40.1. The number of fused-ring (bicyclic) bond motifs is 1. The van der Waals surface area contributed by atoms with Crippen molar-refractivity contribution in [3.63, 3.8) is 0 Å². The zero-order valence-corrected chi connectivity index (χ0v) is 15.0. The first-order valence-corrected chi connectivity index (χ1v) is 9.08. The molecule has 2 saturated heterocycles. The fraction of sp³-hybridized carbons (Fsp3) is 0.500. The lowest BCUT2D eigenvalue weighted by molar-refractivity contribution is -0.187. The molecule has 3 amide bonds. The molecule has 1 aromatic rings. The lowest BCUT2D eigenvalue weighted by Crippen LogP contribution is -2.48. The molecule has 138 valence electrons. The summed E-state index contributed by atoms with van der Waals surface area (Å²) in [5.74, 6) is -1.38. The van der Waals surface area contributed by atoms with Crippen LogP contribution >= 0.6 is 11.6 Å². The second-order valence-electron chi connectivity index (χ2n) is 6.69. The van der Waals surface area contributed by atoms with Crippen LogP contribution in [0.3, 0.4) is 0 Å². The van der Waals surface area contributed by atoms with Gasteiger partial charge in [-0.1, -0.05) is 11.6 Å². The van der Waals surface area contributed by atoms with Gasteiger partial charge in [-0.15, -0.1) is 0 Å². The van der Waals surface area contributed by atoms with Crippen molar-refractivity contribution in [1.82, 2.24) is 9.80 Å². The van der Waals surface area contributed by atoms with Crippen LogP contribution in [0.5, 0.6) is 0 Å². The topological polar surface area (TPSA) is 76.2 Å². The molecule has 0 saturated carbocycles. The summed E-state index contributed by atoms with van der Waals surface area (Å²) in [6, 6.07) is 4.62. The van der Waals surface area contributed by atoms with E-state index in [0.717, 1.165) is 4.90 Å². The number of ether oxygens (including phenoxy) is 2. The molecule has 0 atom stereocenters. The van der Waals surface area contributed by atoms with Crippen LogP contribution in [0.1, 0.15) is 40.0 Å². The van der Waals surface area contributed by atoms with Crippen LogP contribution in [-0.4, -0.2) is 66.2 Å². The number of hydrogen-bond acceptors (Lipinski definition) is 5. The van der Waals surface area contributed by atoms with E-state index < -0.39 is 11.7 Å². The summed E-state index contributed by atoms with van der Waals surface area (Å²) in [5, 5.41) is 0.404. The van der Waals surface area contributed by atoms with Crippen molar-refractivity contribution in [2.75, 3.05) is 32.8 Å². The average molecular weight is 379 g/mol. The average Bonchev–Trinajstić information content (AvgIpc) is 3.18. The molecule has 3 aliphatic heterocycles. The number of amides is 3. The van der Waals surface area contributed by atoms with Gasteiger partial charge in [-0.2, -0.15) is 0 Å². The van der Waals surface area contributed by atoms with Crippen molar-refractivity contribution >= 4 is 29.3 Å². The molecule has 7 nitrogen and oxygen atoms in total. The van der Waals surface area contributed by atoms with E-state index in [4.69, 9.17) is 21.1 Å². The molecular formula is C18H19ClN2O5. The Kier molecular flexibility index (Phi) is 4.46. The van der Waals surface area contributed by atoms with E-state index in [2.05, 4.69) is 0 Å². The Morgan fingerprint density at radius 3 is 2.42 bits per heavy atom. The molecule has 0 unspecified atom stereocenters. The fourth-order valence-corrected chi connectivity index (χ4v) is 3.89. The first kappa shape index (κ1) is 17.5. The number of nitrogens with zero attached hydrogens (tertiary/aromatic N) is 2. The Morgan fingerprint density at radius 2 is 1.73 bits per heavy atom. The molecule has 26 heavy (non-hydrogen) atoms. The van der Waals surface area contributed by atoms with Crippen molar-refractivity contribution in [3.05, 3.63) is 34.3 Å². The maximum Gasteiger partial charge on any atom is 0.261 e. The van der Waals surface area contributed by atoms with Crippen LogP contribution in [0.15, 0.2) is 18.2 Å². The quantitative estimate of drug-likeness (QED) is 0.748. The molecular weight excluding hydrogens is 360 g/mol. The number of benzene rings is 1. The number of rotatable bonds is 3. The van der Waals surface area contributed by atoms with Crippen LogP contribution in [0.4, 0.5) is 0 Å². The normalized spacial score (nSPS) is 21.6. The third kappa shape index (κ3) is 3.00. The molecule has 0 N–H and O–H groups in total. The number of piperidine rings is 1. The van der Waals surface area contributed by atoms with Crippen LogP contribution < -0.4 is 0 Å². The van der Waals surface area contributed by atoms with Crippen LogP contribution in [0, 0.1) is 0 Å². The summed E-state index contributed by atoms with van der Waals surface area (Å²) in [7, 11) is 0. The minimum Gasteiger partial charge on any atom is -0.347 e. The SMILES string of the molecule is O=C(CCN1C(=O)c2ccc(Cl)cc2C1=O)N1CCC2(CC1)OCCO2. The van der Waals surface area contributed by atoms with Crippen molar-refractivity contribution in [2.45, 2.75) is 25.0 Å². The van der Waals surface area contributed by atoms with E-state index in [1.165, 1.54) is 6.07 Å². The highest BCUT2D eigenvalue weighted by Gasteiger charge is 2.41. The molecule has 0 bridgehead atoms.